The Labute approximate surface area is 151 Å². The number of hydrogen-bond donors (Lipinski definition) is 0. The Kier molecular flexibility index (Phi) is 5.20. The number of amides is 1. The highest BCUT2D eigenvalue weighted by Crippen LogP contribution is 2.22. The van der Waals surface area contributed by atoms with Crippen molar-refractivity contribution in [3.63, 3.8) is 0 Å². The topological polar surface area (TPSA) is 58.7 Å². The monoisotopic (exact) mass is 365 g/mol. The van der Waals surface area contributed by atoms with Gasteiger partial charge in [-0.3, -0.25) is 14.3 Å². The van der Waals surface area contributed by atoms with Crippen molar-refractivity contribution >= 4 is 28.6 Å². The van der Waals surface area contributed by atoms with E-state index in [-0.39, 0.29) is 23.6 Å². The van der Waals surface area contributed by atoms with E-state index >= 15 is 0 Å². The number of fused-ring (bicyclic) bond motifs is 1. The van der Waals surface area contributed by atoms with Gasteiger partial charge < -0.3 is 9.32 Å². The van der Waals surface area contributed by atoms with Crippen molar-refractivity contribution in [1.29, 1.82) is 0 Å². The van der Waals surface area contributed by atoms with E-state index in [1.807, 2.05) is 25.8 Å². The van der Waals surface area contributed by atoms with E-state index in [1.54, 1.807) is 22.8 Å². The SMILES string of the molecule is CC(C)N(C)C(=O)C1CCN(Cn2c(=O)oc3ccc(Cl)cc32)CC1. The van der Waals surface area contributed by atoms with Gasteiger partial charge in [0.05, 0.1) is 12.2 Å². The molecule has 1 saturated heterocycles. The lowest BCUT2D eigenvalue weighted by molar-refractivity contribution is -0.137. The summed E-state index contributed by atoms with van der Waals surface area (Å²) in [7, 11) is 1.86. The molecule has 1 amide bonds. The van der Waals surface area contributed by atoms with Gasteiger partial charge in [-0.2, -0.15) is 0 Å². The third kappa shape index (κ3) is 3.75. The minimum absolute atomic E-state index is 0.0657. The van der Waals surface area contributed by atoms with Crippen LogP contribution in [-0.2, 0) is 11.5 Å². The normalized spacial score (nSPS) is 16.7. The molecular weight excluding hydrogens is 342 g/mol. The van der Waals surface area contributed by atoms with Gasteiger partial charge in [0.1, 0.15) is 0 Å². The number of benzene rings is 1. The Morgan fingerprint density at radius 2 is 2.04 bits per heavy atom. The molecule has 25 heavy (non-hydrogen) atoms. The summed E-state index contributed by atoms with van der Waals surface area (Å²) in [6, 6.07) is 5.38. The summed E-state index contributed by atoms with van der Waals surface area (Å²) in [5.41, 5.74) is 1.24. The third-order valence-corrected chi connectivity index (χ3v) is 5.26. The second-order valence-electron chi connectivity index (χ2n) is 6.98. The Hall–Kier alpha value is -1.79. The van der Waals surface area contributed by atoms with Crippen molar-refractivity contribution in [3.8, 4) is 0 Å². The smallest absolute Gasteiger partial charge is 0.408 e. The number of nitrogens with zero attached hydrogens (tertiary/aromatic N) is 3. The maximum atomic E-state index is 12.5. The highest BCUT2D eigenvalue weighted by molar-refractivity contribution is 6.31. The number of carbonyl (C=O) groups is 1. The van der Waals surface area contributed by atoms with Crippen LogP contribution in [0.3, 0.4) is 0 Å². The lowest BCUT2D eigenvalue weighted by Gasteiger charge is -2.34. The summed E-state index contributed by atoms with van der Waals surface area (Å²) in [5, 5.41) is 0.572. The van der Waals surface area contributed by atoms with Crippen LogP contribution in [0.4, 0.5) is 0 Å². The Morgan fingerprint density at radius 1 is 1.36 bits per heavy atom. The van der Waals surface area contributed by atoms with Gasteiger partial charge in [-0.05, 0) is 44.9 Å². The minimum atomic E-state index is -0.380. The molecule has 0 N–H and O–H groups in total. The van der Waals surface area contributed by atoms with Crippen molar-refractivity contribution < 1.29 is 9.21 Å². The molecule has 0 unspecified atom stereocenters. The number of likely N-dealkylation sites (tertiary alicyclic amines) is 1. The molecule has 0 saturated carbocycles. The van der Waals surface area contributed by atoms with Crippen LogP contribution in [0.5, 0.6) is 0 Å². The predicted octanol–water partition coefficient (Wildman–Crippen LogP) is 2.78. The molecule has 1 aliphatic rings. The van der Waals surface area contributed by atoms with Crippen LogP contribution < -0.4 is 5.76 Å². The van der Waals surface area contributed by atoms with E-state index in [0.717, 1.165) is 25.9 Å². The Balaban J connectivity index is 1.67. The zero-order valence-corrected chi connectivity index (χ0v) is 15.6. The predicted molar refractivity (Wildman–Crippen MR) is 97.7 cm³/mol. The first-order valence-electron chi connectivity index (χ1n) is 8.64. The first-order valence-corrected chi connectivity index (χ1v) is 9.02. The molecular formula is C18H24ClN3O3. The molecule has 136 valence electrons. The van der Waals surface area contributed by atoms with Crippen LogP contribution >= 0.6 is 11.6 Å². The van der Waals surface area contributed by atoms with E-state index in [4.69, 9.17) is 16.0 Å². The summed E-state index contributed by atoms with van der Waals surface area (Å²) >= 11 is 6.04. The van der Waals surface area contributed by atoms with E-state index in [1.165, 1.54) is 0 Å². The number of halogens is 1. The standard InChI is InChI=1S/C18H24ClN3O3/c1-12(2)20(3)17(23)13-6-8-21(9-7-13)11-22-15-10-14(19)4-5-16(15)25-18(22)24/h4-5,10,12-13H,6-9,11H2,1-3H3. The number of oxazole rings is 1. The van der Waals surface area contributed by atoms with E-state index in [0.29, 0.717) is 22.8 Å². The summed E-state index contributed by atoms with van der Waals surface area (Å²) in [4.78, 5) is 28.6. The lowest BCUT2D eigenvalue weighted by atomic mass is 9.95. The summed E-state index contributed by atoms with van der Waals surface area (Å²) in [6.07, 6.45) is 1.61. The molecule has 2 heterocycles. The summed E-state index contributed by atoms with van der Waals surface area (Å²) in [5.74, 6) is -0.0988. The van der Waals surface area contributed by atoms with Crippen molar-refractivity contribution in [2.45, 2.75) is 39.4 Å². The fraction of sp³-hybridized carbons (Fsp3) is 0.556. The maximum Gasteiger partial charge on any atom is 0.421 e. The lowest BCUT2D eigenvalue weighted by Crippen LogP contribution is -2.44. The molecule has 2 aromatic rings. The minimum Gasteiger partial charge on any atom is -0.408 e. The van der Waals surface area contributed by atoms with Gasteiger partial charge in [0.15, 0.2) is 5.58 Å². The second kappa shape index (κ2) is 7.22. The molecule has 0 radical (unpaired) electrons. The number of aromatic nitrogens is 1. The van der Waals surface area contributed by atoms with Crippen molar-refractivity contribution in [2.24, 2.45) is 5.92 Å². The van der Waals surface area contributed by atoms with Crippen molar-refractivity contribution in [3.05, 3.63) is 33.8 Å². The number of rotatable bonds is 4. The molecule has 0 spiro atoms. The van der Waals surface area contributed by atoms with E-state index < -0.39 is 0 Å². The molecule has 1 aliphatic heterocycles. The molecule has 0 aliphatic carbocycles. The van der Waals surface area contributed by atoms with E-state index in [9.17, 15) is 9.59 Å². The van der Waals surface area contributed by atoms with Gasteiger partial charge >= 0.3 is 5.76 Å². The number of carbonyl (C=O) groups excluding carboxylic acids is 1. The Morgan fingerprint density at radius 3 is 2.68 bits per heavy atom. The zero-order valence-electron chi connectivity index (χ0n) is 14.9. The van der Waals surface area contributed by atoms with Crippen LogP contribution in [0.1, 0.15) is 26.7 Å². The fourth-order valence-corrected chi connectivity index (χ4v) is 3.40. The molecule has 3 rings (SSSR count). The average Bonchev–Trinajstić information content (AvgIpc) is 2.89. The quantitative estimate of drug-likeness (QED) is 0.836. The maximum absolute atomic E-state index is 12.5. The first-order chi connectivity index (χ1) is 11.9. The molecule has 1 fully saturated rings. The molecule has 1 aromatic carbocycles. The molecule has 1 aromatic heterocycles. The molecule has 0 atom stereocenters. The molecule has 0 bridgehead atoms. The summed E-state index contributed by atoms with van der Waals surface area (Å²) in [6.45, 7) is 6.06. The molecule has 6 nitrogen and oxygen atoms in total. The highest BCUT2D eigenvalue weighted by Gasteiger charge is 2.28. The highest BCUT2D eigenvalue weighted by atomic mass is 35.5. The van der Waals surface area contributed by atoms with Gasteiger partial charge in [-0.1, -0.05) is 11.6 Å². The summed E-state index contributed by atoms with van der Waals surface area (Å²) < 4.78 is 6.87. The number of hydrogen-bond acceptors (Lipinski definition) is 4. The van der Waals surface area contributed by atoms with Crippen LogP contribution in [0.25, 0.3) is 11.1 Å². The van der Waals surface area contributed by atoms with Gasteiger partial charge in [0.2, 0.25) is 5.91 Å². The third-order valence-electron chi connectivity index (χ3n) is 5.03. The fourth-order valence-electron chi connectivity index (χ4n) is 3.23. The molecule has 7 heteroatoms. The van der Waals surface area contributed by atoms with Crippen LogP contribution in [0.2, 0.25) is 5.02 Å². The van der Waals surface area contributed by atoms with Gasteiger partial charge in [0, 0.05) is 37.1 Å². The van der Waals surface area contributed by atoms with Gasteiger partial charge in [-0.15, -0.1) is 0 Å². The zero-order chi connectivity index (χ0) is 18.1. The van der Waals surface area contributed by atoms with Crippen LogP contribution in [-0.4, -0.2) is 46.5 Å². The largest absolute Gasteiger partial charge is 0.421 e. The number of piperidine rings is 1. The van der Waals surface area contributed by atoms with Gasteiger partial charge in [-0.25, -0.2) is 4.79 Å². The Bertz CT molecular complexity index is 819. The van der Waals surface area contributed by atoms with E-state index in [2.05, 4.69) is 4.90 Å². The van der Waals surface area contributed by atoms with Crippen LogP contribution in [0.15, 0.2) is 27.4 Å². The average molecular weight is 366 g/mol. The first kappa shape index (κ1) is 18.0. The van der Waals surface area contributed by atoms with Gasteiger partial charge in [0.25, 0.3) is 0 Å². The van der Waals surface area contributed by atoms with Crippen LogP contribution in [0, 0.1) is 5.92 Å². The second-order valence-corrected chi connectivity index (χ2v) is 7.42. The van der Waals surface area contributed by atoms with Crippen molar-refractivity contribution in [2.75, 3.05) is 20.1 Å². The van der Waals surface area contributed by atoms with Crippen molar-refractivity contribution in [1.82, 2.24) is 14.4 Å².